The molecule has 0 aromatic heterocycles. The molecule has 1 unspecified atom stereocenters. The number of imide groups is 1. The van der Waals surface area contributed by atoms with Crippen molar-refractivity contribution in [1.29, 1.82) is 0 Å². The molecule has 0 radical (unpaired) electrons. The first-order chi connectivity index (χ1) is 11.4. The summed E-state index contributed by atoms with van der Waals surface area (Å²) in [4.78, 5) is 26.7. The number of nitrogens with one attached hydrogen (secondary N) is 1. The maximum absolute atomic E-state index is 12.8. The SMILES string of the molecule is Cc1cc(C)c(N2C(=O)CC(Nc3ccccc3Br)C2=O)c(C)c1. The van der Waals surface area contributed by atoms with Gasteiger partial charge in [0.1, 0.15) is 6.04 Å². The minimum atomic E-state index is -0.545. The van der Waals surface area contributed by atoms with Gasteiger partial charge in [0.15, 0.2) is 0 Å². The summed E-state index contributed by atoms with van der Waals surface area (Å²) >= 11 is 3.46. The lowest BCUT2D eigenvalue weighted by molar-refractivity contribution is -0.121. The number of benzene rings is 2. The van der Waals surface area contributed by atoms with Crippen LogP contribution in [0.3, 0.4) is 0 Å². The molecule has 5 heteroatoms. The van der Waals surface area contributed by atoms with Crippen LogP contribution in [0.15, 0.2) is 40.9 Å². The Labute approximate surface area is 150 Å². The average Bonchev–Trinajstić information content (AvgIpc) is 2.76. The van der Waals surface area contributed by atoms with Crippen LogP contribution in [0.5, 0.6) is 0 Å². The van der Waals surface area contributed by atoms with Gasteiger partial charge in [0.2, 0.25) is 5.91 Å². The fourth-order valence-electron chi connectivity index (χ4n) is 3.27. The molecule has 0 bridgehead atoms. The topological polar surface area (TPSA) is 49.4 Å². The van der Waals surface area contributed by atoms with E-state index in [1.165, 1.54) is 4.90 Å². The number of amides is 2. The number of hydrogen-bond donors (Lipinski definition) is 1. The number of halogens is 1. The van der Waals surface area contributed by atoms with Crippen molar-refractivity contribution in [2.75, 3.05) is 10.2 Å². The molecule has 1 saturated heterocycles. The molecule has 1 aliphatic heterocycles. The van der Waals surface area contributed by atoms with Crippen LogP contribution >= 0.6 is 15.9 Å². The van der Waals surface area contributed by atoms with Gasteiger partial charge in [-0.2, -0.15) is 0 Å². The van der Waals surface area contributed by atoms with Crippen molar-refractivity contribution in [2.24, 2.45) is 0 Å². The van der Waals surface area contributed by atoms with Crippen LogP contribution in [0, 0.1) is 20.8 Å². The number of nitrogens with zero attached hydrogens (tertiary/aromatic N) is 1. The Balaban J connectivity index is 1.92. The van der Waals surface area contributed by atoms with Crippen molar-refractivity contribution in [3.05, 3.63) is 57.6 Å². The van der Waals surface area contributed by atoms with Crippen LogP contribution in [0.1, 0.15) is 23.1 Å². The quantitative estimate of drug-likeness (QED) is 0.807. The standard InChI is InChI=1S/C19H19BrN2O2/c1-11-8-12(2)18(13(3)9-11)22-17(23)10-16(19(22)24)21-15-7-5-4-6-14(15)20/h4-9,16,21H,10H2,1-3H3. The van der Waals surface area contributed by atoms with Crippen LogP contribution in [-0.2, 0) is 9.59 Å². The third kappa shape index (κ3) is 2.96. The summed E-state index contributed by atoms with van der Waals surface area (Å²) in [6, 6.07) is 11.0. The predicted molar refractivity (Wildman–Crippen MR) is 99.3 cm³/mol. The second-order valence-electron chi connectivity index (χ2n) is 6.20. The van der Waals surface area contributed by atoms with Crippen LogP contribution in [0.4, 0.5) is 11.4 Å². The Morgan fingerprint density at radius 3 is 2.33 bits per heavy atom. The van der Waals surface area contributed by atoms with E-state index in [2.05, 4.69) is 21.2 Å². The summed E-state index contributed by atoms with van der Waals surface area (Å²) in [5.41, 5.74) is 4.53. The van der Waals surface area contributed by atoms with Crippen molar-refractivity contribution < 1.29 is 9.59 Å². The number of carbonyl (C=O) groups excluding carboxylic acids is 2. The minimum Gasteiger partial charge on any atom is -0.372 e. The number of para-hydroxylation sites is 1. The molecule has 2 aromatic carbocycles. The van der Waals surface area contributed by atoms with Gasteiger partial charge in [-0.25, -0.2) is 4.90 Å². The zero-order chi connectivity index (χ0) is 17.4. The van der Waals surface area contributed by atoms with Crippen molar-refractivity contribution in [2.45, 2.75) is 33.2 Å². The first-order valence-corrected chi connectivity index (χ1v) is 8.63. The molecule has 1 heterocycles. The molecule has 1 N–H and O–H groups in total. The third-order valence-electron chi connectivity index (χ3n) is 4.21. The summed E-state index contributed by atoms with van der Waals surface area (Å²) in [5.74, 6) is -0.370. The van der Waals surface area contributed by atoms with E-state index in [1.807, 2.05) is 57.2 Å². The highest BCUT2D eigenvalue weighted by molar-refractivity contribution is 9.10. The van der Waals surface area contributed by atoms with E-state index in [9.17, 15) is 9.59 Å². The number of anilines is 2. The highest BCUT2D eigenvalue weighted by Crippen LogP contribution is 2.32. The van der Waals surface area contributed by atoms with Gasteiger partial charge in [-0.05, 0) is 60.0 Å². The number of carbonyl (C=O) groups is 2. The average molecular weight is 387 g/mol. The molecular formula is C19H19BrN2O2. The van der Waals surface area contributed by atoms with Crippen LogP contribution < -0.4 is 10.2 Å². The fourth-order valence-corrected chi connectivity index (χ4v) is 3.67. The van der Waals surface area contributed by atoms with Gasteiger partial charge in [0, 0.05) is 10.2 Å². The summed E-state index contributed by atoms with van der Waals surface area (Å²) in [6.07, 6.45) is 0.160. The molecule has 0 spiro atoms. The Hall–Kier alpha value is -2.14. The summed E-state index contributed by atoms with van der Waals surface area (Å²) in [6.45, 7) is 5.88. The third-order valence-corrected chi connectivity index (χ3v) is 4.90. The van der Waals surface area contributed by atoms with Gasteiger partial charge in [0.05, 0.1) is 12.1 Å². The Morgan fingerprint density at radius 2 is 1.71 bits per heavy atom. The lowest BCUT2D eigenvalue weighted by atomic mass is 10.0. The van der Waals surface area contributed by atoms with Gasteiger partial charge < -0.3 is 5.32 Å². The molecule has 3 rings (SSSR count). The van der Waals surface area contributed by atoms with Crippen LogP contribution in [0.2, 0.25) is 0 Å². The van der Waals surface area contributed by atoms with E-state index >= 15 is 0 Å². The van der Waals surface area contributed by atoms with Crippen LogP contribution in [-0.4, -0.2) is 17.9 Å². The maximum Gasteiger partial charge on any atom is 0.256 e. The molecule has 1 fully saturated rings. The lowest BCUT2D eigenvalue weighted by Crippen LogP contribution is -2.35. The predicted octanol–water partition coefficient (Wildman–Crippen LogP) is 4.12. The van der Waals surface area contributed by atoms with Crippen LogP contribution in [0.25, 0.3) is 0 Å². The van der Waals surface area contributed by atoms with E-state index in [0.29, 0.717) is 5.69 Å². The fraction of sp³-hybridized carbons (Fsp3) is 0.263. The Kier molecular flexibility index (Phi) is 4.45. The van der Waals surface area contributed by atoms with E-state index in [1.54, 1.807) is 0 Å². The summed E-state index contributed by atoms with van der Waals surface area (Å²) < 4.78 is 0.867. The monoisotopic (exact) mass is 386 g/mol. The van der Waals surface area contributed by atoms with Crippen molar-refractivity contribution >= 4 is 39.1 Å². The number of hydrogen-bond acceptors (Lipinski definition) is 3. The highest BCUT2D eigenvalue weighted by Gasteiger charge is 2.40. The second kappa shape index (κ2) is 6.40. The smallest absolute Gasteiger partial charge is 0.256 e. The zero-order valence-electron chi connectivity index (χ0n) is 13.9. The van der Waals surface area contributed by atoms with E-state index in [-0.39, 0.29) is 18.2 Å². The first-order valence-electron chi connectivity index (χ1n) is 7.84. The van der Waals surface area contributed by atoms with Gasteiger partial charge in [0.25, 0.3) is 5.91 Å². The molecule has 24 heavy (non-hydrogen) atoms. The van der Waals surface area contributed by atoms with E-state index in [0.717, 1.165) is 26.9 Å². The molecule has 2 aromatic rings. The van der Waals surface area contributed by atoms with Gasteiger partial charge >= 0.3 is 0 Å². The molecule has 0 aliphatic carbocycles. The van der Waals surface area contributed by atoms with Gasteiger partial charge in [-0.3, -0.25) is 9.59 Å². The summed E-state index contributed by atoms with van der Waals surface area (Å²) in [7, 11) is 0. The summed E-state index contributed by atoms with van der Waals surface area (Å²) in [5, 5.41) is 3.18. The molecule has 0 saturated carbocycles. The van der Waals surface area contributed by atoms with E-state index < -0.39 is 6.04 Å². The maximum atomic E-state index is 12.8. The molecule has 2 amide bonds. The molecule has 4 nitrogen and oxygen atoms in total. The Bertz CT molecular complexity index is 809. The van der Waals surface area contributed by atoms with Crippen molar-refractivity contribution in [3.63, 3.8) is 0 Å². The zero-order valence-corrected chi connectivity index (χ0v) is 15.5. The Morgan fingerprint density at radius 1 is 1.08 bits per heavy atom. The normalized spacial score (nSPS) is 17.5. The number of aryl methyl sites for hydroxylation is 3. The second-order valence-corrected chi connectivity index (χ2v) is 7.05. The largest absolute Gasteiger partial charge is 0.372 e. The molecular weight excluding hydrogens is 368 g/mol. The van der Waals surface area contributed by atoms with E-state index in [4.69, 9.17) is 0 Å². The first kappa shape index (κ1) is 16.7. The number of rotatable bonds is 3. The lowest BCUT2D eigenvalue weighted by Gasteiger charge is -2.21. The van der Waals surface area contributed by atoms with Crippen molar-refractivity contribution in [1.82, 2.24) is 0 Å². The molecule has 1 atom stereocenters. The van der Waals surface area contributed by atoms with Gasteiger partial charge in [-0.15, -0.1) is 0 Å². The molecule has 1 aliphatic rings. The van der Waals surface area contributed by atoms with Gasteiger partial charge in [-0.1, -0.05) is 29.8 Å². The van der Waals surface area contributed by atoms with Crippen molar-refractivity contribution in [3.8, 4) is 0 Å². The highest BCUT2D eigenvalue weighted by atomic mass is 79.9. The molecule has 124 valence electrons. The minimum absolute atomic E-state index is 0.160.